The molecule has 0 bridgehead atoms. The molecule has 2 saturated heterocycles. The summed E-state index contributed by atoms with van der Waals surface area (Å²) in [5, 5.41) is 0. The third-order valence-corrected chi connectivity index (χ3v) is 4.63. The van der Waals surface area contributed by atoms with Crippen molar-refractivity contribution in [1.29, 1.82) is 0 Å². The van der Waals surface area contributed by atoms with Crippen molar-refractivity contribution in [1.82, 2.24) is 0 Å². The Morgan fingerprint density at radius 2 is 2.25 bits per heavy atom. The van der Waals surface area contributed by atoms with Gasteiger partial charge in [-0.3, -0.25) is 0 Å². The van der Waals surface area contributed by atoms with Gasteiger partial charge in [-0.2, -0.15) is 0 Å². The molecule has 0 amide bonds. The fraction of sp³-hybridized carbons (Fsp3) is 1.00. The van der Waals surface area contributed by atoms with E-state index < -0.39 is 0 Å². The molecule has 0 N–H and O–H groups in total. The van der Waals surface area contributed by atoms with Crippen LogP contribution < -0.4 is 0 Å². The number of epoxide rings is 1. The first-order valence-corrected chi connectivity index (χ1v) is 6.66. The lowest BCUT2D eigenvalue weighted by Crippen LogP contribution is -2.37. The first kappa shape index (κ1) is 11.3. The zero-order chi connectivity index (χ0) is 11.3. The molecule has 1 saturated carbocycles. The van der Waals surface area contributed by atoms with Gasteiger partial charge in [-0.15, -0.1) is 11.6 Å². The molecular weight excluding hydrogens is 228 g/mol. The van der Waals surface area contributed by atoms with Crippen LogP contribution in [-0.4, -0.2) is 36.6 Å². The molecule has 16 heavy (non-hydrogen) atoms. The van der Waals surface area contributed by atoms with E-state index in [1.807, 2.05) is 0 Å². The summed E-state index contributed by atoms with van der Waals surface area (Å²) >= 11 is 5.78. The fourth-order valence-electron chi connectivity index (χ4n) is 3.09. The Bertz CT molecular complexity index is 285. The van der Waals surface area contributed by atoms with Crippen molar-refractivity contribution in [2.24, 2.45) is 11.8 Å². The molecule has 2 heterocycles. The minimum absolute atomic E-state index is 0.0688. The highest BCUT2D eigenvalue weighted by atomic mass is 35.5. The molecule has 0 unspecified atom stereocenters. The molecule has 0 spiro atoms. The third-order valence-electron chi connectivity index (χ3n) is 4.29. The fourth-order valence-corrected chi connectivity index (χ4v) is 3.25. The maximum atomic E-state index is 5.82. The minimum atomic E-state index is -0.0688. The van der Waals surface area contributed by atoms with E-state index in [0.717, 1.165) is 12.8 Å². The second-order valence-electron chi connectivity index (χ2n) is 5.61. The van der Waals surface area contributed by atoms with E-state index in [-0.39, 0.29) is 18.0 Å². The predicted octanol–water partition coefficient (Wildman–Crippen LogP) is 2.17. The summed E-state index contributed by atoms with van der Waals surface area (Å²) in [4.78, 5) is 0. The molecule has 2 aliphatic heterocycles. The molecule has 3 rings (SSSR count). The van der Waals surface area contributed by atoms with Gasteiger partial charge < -0.3 is 14.2 Å². The smallest absolute Gasteiger partial charge is 0.161 e. The summed E-state index contributed by atoms with van der Waals surface area (Å²) in [6, 6.07) is 0. The lowest BCUT2D eigenvalue weighted by atomic mass is 9.75. The minimum Gasteiger partial charge on any atom is -0.366 e. The van der Waals surface area contributed by atoms with Gasteiger partial charge in [0.1, 0.15) is 0 Å². The van der Waals surface area contributed by atoms with Gasteiger partial charge in [0.15, 0.2) is 6.29 Å². The molecule has 3 fully saturated rings. The van der Waals surface area contributed by atoms with E-state index in [0.29, 0.717) is 30.4 Å². The number of rotatable bonds is 2. The third kappa shape index (κ3) is 1.78. The van der Waals surface area contributed by atoms with Crippen molar-refractivity contribution < 1.29 is 14.2 Å². The summed E-state index contributed by atoms with van der Waals surface area (Å²) in [5.74, 6) is 1.59. The van der Waals surface area contributed by atoms with Gasteiger partial charge in [-0.25, -0.2) is 0 Å². The molecule has 1 aliphatic carbocycles. The van der Waals surface area contributed by atoms with Crippen LogP contribution in [-0.2, 0) is 14.2 Å². The Morgan fingerprint density at radius 1 is 1.44 bits per heavy atom. The summed E-state index contributed by atoms with van der Waals surface area (Å²) in [5.41, 5.74) is 0.100. The topological polar surface area (TPSA) is 31.0 Å². The molecule has 4 heteroatoms. The van der Waals surface area contributed by atoms with Crippen molar-refractivity contribution in [3.8, 4) is 0 Å². The van der Waals surface area contributed by atoms with Gasteiger partial charge in [0.05, 0.1) is 30.3 Å². The molecule has 92 valence electrons. The monoisotopic (exact) mass is 246 g/mol. The number of halogens is 1. The first-order valence-electron chi connectivity index (χ1n) is 6.13. The Balaban J connectivity index is 1.65. The van der Waals surface area contributed by atoms with Crippen LogP contribution in [0.4, 0.5) is 0 Å². The second kappa shape index (κ2) is 3.84. The van der Waals surface area contributed by atoms with Crippen molar-refractivity contribution in [2.75, 3.05) is 12.5 Å². The van der Waals surface area contributed by atoms with Gasteiger partial charge in [-0.05, 0) is 25.7 Å². The van der Waals surface area contributed by atoms with Crippen LogP contribution in [0.15, 0.2) is 0 Å². The van der Waals surface area contributed by atoms with Crippen LogP contribution >= 0.6 is 11.6 Å². The van der Waals surface area contributed by atoms with E-state index in [1.165, 1.54) is 0 Å². The standard InChI is InChI=1S/C12H19ClO3/c1-7-3-10-12(2,16-10)4-9(7)11-14-6-8(5-13)15-11/h7-11H,3-6H2,1-2H3/t7-,8+,9+,10+,11+,12-/m1/s1. The number of alkyl halides is 1. The van der Waals surface area contributed by atoms with Crippen molar-refractivity contribution in [2.45, 2.75) is 50.8 Å². The molecule has 0 aromatic carbocycles. The van der Waals surface area contributed by atoms with E-state index >= 15 is 0 Å². The van der Waals surface area contributed by atoms with Gasteiger partial charge in [0.2, 0.25) is 0 Å². The van der Waals surface area contributed by atoms with Crippen molar-refractivity contribution in [3.63, 3.8) is 0 Å². The first-order chi connectivity index (χ1) is 7.62. The Labute approximate surface area is 101 Å². The molecule has 6 atom stereocenters. The van der Waals surface area contributed by atoms with Crippen molar-refractivity contribution >= 4 is 11.6 Å². The normalized spacial score (nSPS) is 56.1. The van der Waals surface area contributed by atoms with Crippen LogP contribution in [0.25, 0.3) is 0 Å². The average Bonchev–Trinajstić information content (AvgIpc) is 2.74. The molecule has 0 aromatic rings. The highest BCUT2D eigenvalue weighted by molar-refractivity contribution is 6.18. The lowest BCUT2D eigenvalue weighted by Gasteiger charge is -2.32. The van der Waals surface area contributed by atoms with Crippen LogP contribution in [0.1, 0.15) is 26.7 Å². The Morgan fingerprint density at radius 3 is 2.94 bits per heavy atom. The number of hydrogen-bond acceptors (Lipinski definition) is 3. The van der Waals surface area contributed by atoms with Gasteiger partial charge in [0, 0.05) is 5.92 Å². The predicted molar refractivity (Wildman–Crippen MR) is 60.5 cm³/mol. The summed E-state index contributed by atoms with van der Waals surface area (Å²) in [6.45, 7) is 5.11. The lowest BCUT2D eigenvalue weighted by molar-refractivity contribution is -0.116. The molecule has 3 aliphatic rings. The molecule has 0 radical (unpaired) electrons. The summed E-state index contributed by atoms with van der Waals surface area (Å²) in [6.07, 6.45) is 2.67. The SMILES string of the molecule is C[C@@H]1C[C@@H]2O[C@]2(C)C[C@@H]1[C@H]1OC[C@H](CCl)O1. The highest BCUT2D eigenvalue weighted by Gasteiger charge is 2.59. The zero-order valence-electron chi connectivity index (χ0n) is 9.82. The van der Waals surface area contributed by atoms with E-state index in [9.17, 15) is 0 Å². The van der Waals surface area contributed by atoms with Crippen molar-refractivity contribution in [3.05, 3.63) is 0 Å². The van der Waals surface area contributed by atoms with E-state index in [1.54, 1.807) is 0 Å². The largest absolute Gasteiger partial charge is 0.366 e. The maximum absolute atomic E-state index is 5.82. The summed E-state index contributed by atoms with van der Waals surface area (Å²) in [7, 11) is 0. The van der Waals surface area contributed by atoms with Gasteiger partial charge in [-0.1, -0.05) is 6.92 Å². The average molecular weight is 247 g/mol. The Kier molecular flexibility index (Phi) is 2.70. The van der Waals surface area contributed by atoms with Crippen LogP contribution in [0, 0.1) is 11.8 Å². The quantitative estimate of drug-likeness (QED) is 0.553. The zero-order valence-corrected chi connectivity index (χ0v) is 10.6. The van der Waals surface area contributed by atoms with Gasteiger partial charge in [0.25, 0.3) is 0 Å². The maximum Gasteiger partial charge on any atom is 0.161 e. The molecule has 3 nitrogen and oxygen atoms in total. The molecule has 0 aromatic heterocycles. The number of ether oxygens (including phenoxy) is 3. The van der Waals surface area contributed by atoms with Crippen LogP contribution in [0.2, 0.25) is 0 Å². The van der Waals surface area contributed by atoms with E-state index in [2.05, 4.69) is 13.8 Å². The van der Waals surface area contributed by atoms with Gasteiger partial charge >= 0.3 is 0 Å². The summed E-state index contributed by atoms with van der Waals surface area (Å²) < 4.78 is 17.3. The number of fused-ring (bicyclic) bond motifs is 1. The highest BCUT2D eigenvalue weighted by Crippen LogP contribution is 2.53. The second-order valence-corrected chi connectivity index (χ2v) is 5.92. The Hall–Kier alpha value is 0.170. The van der Waals surface area contributed by atoms with E-state index in [4.69, 9.17) is 25.8 Å². The molecular formula is C12H19ClO3. The van der Waals surface area contributed by atoms with Crippen LogP contribution in [0.5, 0.6) is 0 Å². The van der Waals surface area contributed by atoms with Crippen LogP contribution in [0.3, 0.4) is 0 Å². The number of hydrogen-bond donors (Lipinski definition) is 0.